The van der Waals surface area contributed by atoms with Crippen LogP contribution in [0.15, 0.2) is 11.5 Å². The van der Waals surface area contributed by atoms with Crippen molar-refractivity contribution in [2.75, 3.05) is 20.8 Å². The quantitative estimate of drug-likeness (QED) is 0.620. The Morgan fingerprint density at radius 1 is 1.35 bits per heavy atom. The van der Waals surface area contributed by atoms with Crippen LogP contribution < -0.4 is 0 Å². The molecule has 1 atom stereocenters. The number of methoxy groups -OCH3 is 2. The number of sulfonamides is 1. The number of ether oxygens (including phenoxy) is 2. The molecule has 0 aromatic rings. The van der Waals surface area contributed by atoms with E-state index in [1.54, 1.807) is 0 Å². The smallest absolute Gasteiger partial charge is 0.324 e. The molecule has 0 aromatic heterocycles. The standard InChI is InChI=1S/C9H13NO6S/c1-15-8(11)6-7(9(12)16-2)10-4-3-5-17(10,13)14/h3,5,7H,4,6H2,1-2H3/t7-/m0/s1. The number of hydrogen-bond donors (Lipinski definition) is 0. The van der Waals surface area contributed by atoms with Crippen molar-refractivity contribution < 1.29 is 27.5 Å². The number of nitrogens with zero attached hydrogens (tertiary/aromatic N) is 1. The predicted octanol–water partition coefficient (Wildman–Crippen LogP) is -0.750. The number of hydrogen-bond acceptors (Lipinski definition) is 6. The Balaban J connectivity index is 2.92. The highest BCUT2D eigenvalue weighted by Gasteiger charge is 2.37. The monoisotopic (exact) mass is 263 g/mol. The summed E-state index contributed by atoms with van der Waals surface area (Å²) in [5, 5.41) is 0.986. The van der Waals surface area contributed by atoms with Gasteiger partial charge in [-0.2, -0.15) is 4.31 Å². The van der Waals surface area contributed by atoms with E-state index in [2.05, 4.69) is 9.47 Å². The summed E-state index contributed by atoms with van der Waals surface area (Å²) in [6, 6.07) is -1.19. The minimum atomic E-state index is -3.65. The minimum Gasteiger partial charge on any atom is -0.469 e. The summed E-state index contributed by atoms with van der Waals surface area (Å²) >= 11 is 0. The zero-order valence-electron chi connectivity index (χ0n) is 9.45. The lowest BCUT2D eigenvalue weighted by molar-refractivity contribution is -0.151. The summed E-state index contributed by atoms with van der Waals surface area (Å²) in [5.41, 5.74) is 0. The van der Waals surface area contributed by atoms with Crippen molar-refractivity contribution in [3.05, 3.63) is 11.5 Å². The summed E-state index contributed by atoms with van der Waals surface area (Å²) in [7, 11) is -1.36. The van der Waals surface area contributed by atoms with Gasteiger partial charge in [0.1, 0.15) is 6.04 Å². The zero-order valence-corrected chi connectivity index (χ0v) is 10.3. The highest BCUT2D eigenvalue weighted by Crippen LogP contribution is 2.18. The van der Waals surface area contributed by atoms with E-state index in [0.29, 0.717) is 0 Å². The zero-order chi connectivity index (χ0) is 13.1. The fraction of sp³-hybridized carbons (Fsp3) is 0.556. The molecule has 1 rings (SSSR count). The number of rotatable bonds is 4. The Morgan fingerprint density at radius 3 is 2.41 bits per heavy atom. The van der Waals surface area contributed by atoms with Crippen LogP contribution in [-0.2, 0) is 29.1 Å². The van der Waals surface area contributed by atoms with E-state index in [4.69, 9.17) is 0 Å². The van der Waals surface area contributed by atoms with Gasteiger partial charge in [0.25, 0.3) is 0 Å². The second-order valence-corrected chi connectivity index (χ2v) is 5.08. The topological polar surface area (TPSA) is 90.0 Å². The second kappa shape index (κ2) is 5.28. The van der Waals surface area contributed by atoms with Crippen molar-refractivity contribution in [3.63, 3.8) is 0 Å². The number of carbonyl (C=O) groups is 2. The SMILES string of the molecule is COC(=O)C[C@@H](C(=O)OC)N1CC=CS1(=O)=O. The van der Waals surface area contributed by atoms with Gasteiger partial charge in [-0.3, -0.25) is 9.59 Å². The molecule has 96 valence electrons. The van der Waals surface area contributed by atoms with Crippen LogP contribution in [0.4, 0.5) is 0 Å². The summed E-state index contributed by atoms with van der Waals surface area (Å²) in [6.45, 7) is 0.0408. The average Bonchev–Trinajstić information content (AvgIpc) is 2.64. The highest BCUT2D eigenvalue weighted by molar-refractivity contribution is 7.92. The molecule has 0 saturated carbocycles. The highest BCUT2D eigenvalue weighted by atomic mass is 32.2. The summed E-state index contributed by atoms with van der Waals surface area (Å²) in [6.07, 6.45) is 1.02. The normalized spacial score (nSPS) is 19.9. The predicted molar refractivity (Wildman–Crippen MR) is 57.2 cm³/mol. The van der Waals surface area contributed by atoms with Gasteiger partial charge < -0.3 is 9.47 Å². The van der Waals surface area contributed by atoms with E-state index >= 15 is 0 Å². The Bertz CT molecular complexity index is 440. The summed E-state index contributed by atoms with van der Waals surface area (Å²) < 4.78 is 32.9. The fourth-order valence-electron chi connectivity index (χ4n) is 1.44. The van der Waals surface area contributed by atoms with Gasteiger partial charge in [-0.25, -0.2) is 8.42 Å². The van der Waals surface area contributed by atoms with E-state index in [9.17, 15) is 18.0 Å². The van der Waals surface area contributed by atoms with Crippen LogP contribution in [0, 0.1) is 0 Å². The molecule has 0 spiro atoms. The second-order valence-electron chi connectivity index (χ2n) is 3.31. The lowest BCUT2D eigenvalue weighted by Crippen LogP contribution is -2.44. The molecule has 0 fully saturated rings. The Hall–Kier alpha value is -1.41. The first-order valence-electron chi connectivity index (χ1n) is 4.75. The third-order valence-electron chi connectivity index (χ3n) is 2.29. The van der Waals surface area contributed by atoms with Crippen LogP contribution in [0.25, 0.3) is 0 Å². The van der Waals surface area contributed by atoms with E-state index in [0.717, 1.165) is 23.9 Å². The third kappa shape index (κ3) is 3.04. The summed E-state index contributed by atoms with van der Waals surface area (Å²) in [4.78, 5) is 22.6. The molecule has 1 aliphatic rings. The van der Waals surface area contributed by atoms with Crippen molar-refractivity contribution in [2.24, 2.45) is 0 Å². The van der Waals surface area contributed by atoms with Crippen LogP contribution >= 0.6 is 0 Å². The summed E-state index contributed by atoms with van der Waals surface area (Å²) in [5.74, 6) is -1.47. The molecule has 7 nitrogen and oxygen atoms in total. The maximum atomic E-state index is 11.6. The van der Waals surface area contributed by atoms with Gasteiger partial charge in [0, 0.05) is 12.0 Å². The lowest BCUT2D eigenvalue weighted by Gasteiger charge is -2.22. The van der Waals surface area contributed by atoms with Gasteiger partial charge in [0.15, 0.2) is 0 Å². The molecule has 17 heavy (non-hydrogen) atoms. The van der Waals surface area contributed by atoms with Crippen LogP contribution in [0.2, 0.25) is 0 Å². The number of esters is 2. The molecule has 8 heteroatoms. The van der Waals surface area contributed by atoms with Crippen LogP contribution in [-0.4, -0.2) is 51.5 Å². The Labute approximate surface area is 99.0 Å². The van der Waals surface area contributed by atoms with E-state index in [1.807, 2.05) is 0 Å². The molecule has 0 radical (unpaired) electrons. The van der Waals surface area contributed by atoms with Gasteiger partial charge in [0.05, 0.1) is 20.6 Å². The van der Waals surface area contributed by atoms with E-state index in [1.165, 1.54) is 6.08 Å². The Kier molecular flexibility index (Phi) is 4.24. The maximum absolute atomic E-state index is 11.6. The molecule has 0 bridgehead atoms. The largest absolute Gasteiger partial charge is 0.469 e. The molecule has 0 aromatic carbocycles. The average molecular weight is 263 g/mol. The van der Waals surface area contributed by atoms with Crippen molar-refractivity contribution in [3.8, 4) is 0 Å². The molecule has 1 aliphatic heterocycles. The molecule has 0 aliphatic carbocycles. The van der Waals surface area contributed by atoms with E-state index in [-0.39, 0.29) is 13.0 Å². The molecular weight excluding hydrogens is 250 g/mol. The van der Waals surface area contributed by atoms with Gasteiger partial charge >= 0.3 is 11.9 Å². The Morgan fingerprint density at radius 2 is 2.00 bits per heavy atom. The van der Waals surface area contributed by atoms with Gasteiger partial charge in [0.2, 0.25) is 10.0 Å². The first-order valence-corrected chi connectivity index (χ1v) is 6.25. The van der Waals surface area contributed by atoms with Crippen molar-refractivity contribution in [1.82, 2.24) is 4.31 Å². The molecule has 0 N–H and O–H groups in total. The molecule has 0 unspecified atom stereocenters. The van der Waals surface area contributed by atoms with Gasteiger partial charge in [-0.15, -0.1) is 0 Å². The van der Waals surface area contributed by atoms with Crippen molar-refractivity contribution >= 4 is 22.0 Å². The molecule has 0 saturated heterocycles. The van der Waals surface area contributed by atoms with E-state index < -0.39 is 28.0 Å². The fourth-order valence-corrected chi connectivity index (χ4v) is 2.73. The van der Waals surface area contributed by atoms with Crippen molar-refractivity contribution in [2.45, 2.75) is 12.5 Å². The lowest BCUT2D eigenvalue weighted by atomic mass is 10.2. The van der Waals surface area contributed by atoms with Crippen LogP contribution in [0.3, 0.4) is 0 Å². The van der Waals surface area contributed by atoms with Crippen LogP contribution in [0.5, 0.6) is 0 Å². The third-order valence-corrected chi connectivity index (χ3v) is 3.88. The minimum absolute atomic E-state index is 0.0408. The van der Waals surface area contributed by atoms with Gasteiger partial charge in [-0.1, -0.05) is 6.08 Å². The first-order chi connectivity index (χ1) is 7.92. The van der Waals surface area contributed by atoms with Gasteiger partial charge in [-0.05, 0) is 0 Å². The number of carbonyl (C=O) groups excluding carboxylic acids is 2. The molecule has 0 amide bonds. The van der Waals surface area contributed by atoms with Crippen molar-refractivity contribution in [1.29, 1.82) is 0 Å². The first kappa shape index (κ1) is 13.7. The van der Waals surface area contributed by atoms with Crippen LogP contribution in [0.1, 0.15) is 6.42 Å². The maximum Gasteiger partial charge on any atom is 0.324 e. The molecular formula is C9H13NO6S. The molecule has 1 heterocycles.